The van der Waals surface area contributed by atoms with Gasteiger partial charge < -0.3 is 0 Å². The second kappa shape index (κ2) is 8.91. The Hall–Kier alpha value is -3.91. The SMILES string of the molecule is O=C(Cn1cnc2ccc(F)cc2c1=O)N(CCc1ccccc1)c1nc2ccccc2s1. The van der Waals surface area contributed by atoms with E-state index in [1.54, 1.807) is 4.90 Å². The van der Waals surface area contributed by atoms with Gasteiger partial charge in [-0.2, -0.15) is 0 Å². The molecule has 0 unspecified atom stereocenters. The number of fused-ring (bicyclic) bond motifs is 2. The number of aromatic nitrogens is 3. The van der Waals surface area contributed by atoms with Crippen molar-refractivity contribution >= 4 is 43.5 Å². The molecule has 0 radical (unpaired) electrons. The molecule has 5 rings (SSSR count). The summed E-state index contributed by atoms with van der Waals surface area (Å²) in [6, 6.07) is 21.4. The van der Waals surface area contributed by atoms with Crippen molar-refractivity contribution in [2.75, 3.05) is 11.4 Å². The predicted octanol–water partition coefficient (Wildman–Crippen LogP) is 4.42. The van der Waals surface area contributed by atoms with E-state index in [1.165, 1.54) is 34.4 Å². The molecule has 0 aliphatic carbocycles. The number of rotatable bonds is 6. The maximum atomic E-state index is 13.7. The molecule has 8 heteroatoms. The van der Waals surface area contributed by atoms with Crippen molar-refractivity contribution in [2.45, 2.75) is 13.0 Å². The van der Waals surface area contributed by atoms with Gasteiger partial charge in [-0.15, -0.1) is 0 Å². The highest BCUT2D eigenvalue weighted by atomic mass is 32.1. The molecule has 1 amide bonds. The average molecular weight is 459 g/mol. The lowest BCUT2D eigenvalue weighted by Gasteiger charge is -2.20. The molecule has 2 heterocycles. The van der Waals surface area contributed by atoms with E-state index in [-0.39, 0.29) is 17.8 Å². The Labute approximate surface area is 192 Å². The summed E-state index contributed by atoms with van der Waals surface area (Å²) in [6.45, 7) is 0.191. The fraction of sp³-hybridized carbons (Fsp3) is 0.120. The molecule has 0 saturated carbocycles. The lowest BCUT2D eigenvalue weighted by Crippen LogP contribution is -2.38. The molecular formula is C25H19FN4O2S. The van der Waals surface area contributed by atoms with E-state index >= 15 is 0 Å². The fourth-order valence-corrected chi connectivity index (χ4v) is 4.67. The largest absolute Gasteiger partial charge is 0.289 e. The Bertz CT molecular complexity index is 1480. The molecular weight excluding hydrogens is 439 g/mol. The molecule has 33 heavy (non-hydrogen) atoms. The molecule has 164 valence electrons. The number of amides is 1. The molecule has 0 fully saturated rings. The fourth-order valence-electron chi connectivity index (χ4n) is 3.66. The number of halogens is 1. The zero-order valence-electron chi connectivity index (χ0n) is 17.5. The summed E-state index contributed by atoms with van der Waals surface area (Å²) in [5.41, 5.74) is 1.84. The van der Waals surface area contributed by atoms with E-state index in [0.717, 1.165) is 21.8 Å². The normalized spacial score (nSPS) is 11.2. The number of hydrogen-bond donors (Lipinski definition) is 0. The summed E-state index contributed by atoms with van der Waals surface area (Å²) in [5.74, 6) is -0.811. The van der Waals surface area contributed by atoms with Gasteiger partial charge in [0.05, 0.1) is 27.4 Å². The first-order valence-electron chi connectivity index (χ1n) is 10.4. The average Bonchev–Trinajstić information content (AvgIpc) is 3.26. The molecule has 6 nitrogen and oxygen atoms in total. The highest BCUT2D eigenvalue weighted by Crippen LogP contribution is 2.29. The Morgan fingerprint density at radius 3 is 2.61 bits per heavy atom. The number of para-hydroxylation sites is 1. The molecule has 0 spiro atoms. The zero-order chi connectivity index (χ0) is 22.8. The third kappa shape index (κ3) is 4.38. The summed E-state index contributed by atoms with van der Waals surface area (Å²) in [6.07, 6.45) is 1.97. The number of carbonyl (C=O) groups is 1. The van der Waals surface area contributed by atoms with Gasteiger partial charge in [-0.3, -0.25) is 19.1 Å². The lowest BCUT2D eigenvalue weighted by atomic mass is 10.1. The Morgan fingerprint density at radius 1 is 1.00 bits per heavy atom. The maximum Gasteiger partial charge on any atom is 0.261 e. The molecule has 0 aliphatic rings. The van der Waals surface area contributed by atoms with Crippen LogP contribution in [0.15, 0.2) is 83.9 Å². The summed E-state index contributed by atoms with van der Waals surface area (Å²) >= 11 is 1.43. The van der Waals surface area contributed by atoms with E-state index in [0.29, 0.717) is 23.6 Å². The van der Waals surface area contributed by atoms with Crippen molar-refractivity contribution in [3.05, 3.63) is 101 Å². The maximum absolute atomic E-state index is 13.7. The van der Waals surface area contributed by atoms with Gasteiger partial charge in [-0.25, -0.2) is 14.4 Å². The molecule has 2 aromatic heterocycles. The molecule has 3 aromatic carbocycles. The minimum absolute atomic E-state index is 0.140. The van der Waals surface area contributed by atoms with Crippen LogP contribution >= 0.6 is 11.3 Å². The van der Waals surface area contributed by atoms with Gasteiger partial charge in [-0.1, -0.05) is 53.8 Å². The van der Waals surface area contributed by atoms with Crippen LogP contribution in [0.5, 0.6) is 0 Å². The van der Waals surface area contributed by atoms with Crippen LogP contribution in [0.1, 0.15) is 5.56 Å². The predicted molar refractivity (Wildman–Crippen MR) is 128 cm³/mol. The van der Waals surface area contributed by atoms with Crippen LogP contribution in [0.25, 0.3) is 21.1 Å². The summed E-state index contributed by atoms with van der Waals surface area (Å²) in [7, 11) is 0. The van der Waals surface area contributed by atoms with Crippen LogP contribution < -0.4 is 10.5 Å². The smallest absolute Gasteiger partial charge is 0.261 e. The van der Waals surface area contributed by atoms with Crippen molar-refractivity contribution < 1.29 is 9.18 Å². The van der Waals surface area contributed by atoms with E-state index in [4.69, 9.17) is 0 Å². The highest BCUT2D eigenvalue weighted by molar-refractivity contribution is 7.22. The number of carbonyl (C=O) groups excluding carboxylic acids is 1. The second-order valence-corrected chi connectivity index (χ2v) is 8.59. The monoisotopic (exact) mass is 458 g/mol. The summed E-state index contributed by atoms with van der Waals surface area (Å²) < 4.78 is 15.9. The highest BCUT2D eigenvalue weighted by Gasteiger charge is 2.21. The van der Waals surface area contributed by atoms with E-state index in [9.17, 15) is 14.0 Å². The van der Waals surface area contributed by atoms with Crippen molar-refractivity contribution in [3.8, 4) is 0 Å². The van der Waals surface area contributed by atoms with Crippen molar-refractivity contribution in [3.63, 3.8) is 0 Å². The lowest BCUT2D eigenvalue weighted by molar-refractivity contribution is -0.119. The van der Waals surface area contributed by atoms with Crippen LogP contribution in [0.3, 0.4) is 0 Å². The molecule has 0 bridgehead atoms. The quantitative estimate of drug-likeness (QED) is 0.378. The van der Waals surface area contributed by atoms with Crippen molar-refractivity contribution in [1.82, 2.24) is 14.5 Å². The Balaban J connectivity index is 1.47. The molecule has 5 aromatic rings. The van der Waals surface area contributed by atoms with Crippen molar-refractivity contribution in [2.24, 2.45) is 0 Å². The third-order valence-electron chi connectivity index (χ3n) is 5.37. The minimum atomic E-state index is -0.524. The third-order valence-corrected chi connectivity index (χ3v) is 6.43. The van der Waals surface area contributed by atoms with Gasteiger partial charge in [0.1, 0.15) is 12.4 Å². The van der Waals surface area contributed by atoms with Gasteiger partial charge in [0.25, 0.3) is 5.56 Å². The number of hydrogen-bond acceptors (Lipinski definition) is 5. The van der Waals surface area contributed by atoms with Crippen LogP contribution in [0.2, 0.25) is 0 Å². The molecule has 0 aliphatic heterocycles. The van der Waals surface area contributed by atoms with Gasteiger partial charge in [0, 0.05) is 6.54 Å². The topological polar surface area (TPSA) is 68.1 Å². The number of benzene rings is 3. The van der Waals surface area contributed by atoms with Crippen LogP contribution in [0.4, 0.5) is 9.52 Å². The van der Waals surface area contributed by atoms with Crippen LogP contribution in [0, 0.1) is 5.82 Å². The van der Waals surface area contributed by atoms with Gasteiger partial charge in [0.15, 0.2) is 5.13 Å². The van der Waals surface area contributed by atoms with Crippen LogP contribution in [-0.2, 0) is 17.8 Å². The van der Waals surface area contributed by atoms with E-state index < -0.39 is 11.4 Å². The minimum Gasteiger partial charge on any atom is -0.289 e. The Morgan fingerprint density at radius 2 is 1.79 bits per heavy atom. The first-order chi connectivity index (χ1) is 16.1. The number of thiazole rings is 1. The van der Waals surface area contributed by atoms with Crippen molar-refractivity contribution in [1.29, 1.82) is 0 Å². The number of anilines is 1. The van der Waals surface area contributed by atoms with E-state index in [1.807, 2.05) is 54.6 Å². The standard InChI is InChI=1S/C25H19FN4O2S/c26-18-10-11-20-19(14-18)24(32)29(16-27-20)15-23(31)30(13-12-17-6-2-1-3-7-17)25-28-21-8-4-5-9-22(21)33-25/h1-11,14,16H,12-13,15H2. The van der Waals surface area contributed by atoms with E-state index in [2.05, 4.69) is 9.97 Å². The second-order valence-electron chi connectivity index (χ2n) is 7.58. The van der Waals surface area contributed by atoms with Gasteiger partial charge >= 0.3 is 0 Å². The first kappa shape index (κ1) is 21.0. The first-order valence-corrected chi connectivity index (χ1v) is 11.2. The van der Waals surface area contributed by atoms with Crippen LogP contribution in [-0.4, -0.2) is 27.0 Å². The molecule has 0 N–H and O–H groups in total. The summed E-state index contributed by atoms with van der Waals surface area (Å²) in [4.78, 5) is 36.7. The Kier molecular flexibility index (Phi) is 5.66. The molecule has 0 saturated heterocycles. The zero-order valence-corrected chi connectivity index (χ0v) is 18.3. The summed E-state index contributed by atoms with van der Waals surface area (Å²) in [5, 5.41) is 0.714. The molecule has 0 atom stereocenters. The number of nitrogens with zero attached hydrogens (tertiary/aromatic N) is 4. The van der Waals surface area contributed by atoms with Gasteiger partial charge in [-0.05, 0) is 42.3 Å². The van der Waals surface area contributed by atoms with Gasteiger partial charge in [0.2, 0.25) is 5.91 Å².